The van der Waals surface area contributed by atoms with E-state index >= 15 is 0 Å². The maximum absolute atomic E-state index is 13.1. The van der Waals surface area contributed by atoms with Crippen molar-refractivity contribution in [3.05, 3.63) is 59.9 Å². The molecule has 0 radical (unpaired) electrons. The lowest BCUT2D eigenvalue weighted by Gasteiger charge is -2.12. The van der Waals surface area contributed by atoms with Gasteiger partial charge in [-0.3, -0.25) is 35.1 Å². The summed E-state index contributed by atoms with van der Waals surface area (Å²) in [6, 6.07) is 2.67. The number of hydrogen-bond acceptors (Lipinski definition) is 8. The van der Waals surface area contributed by atoms with Gasteiger partial charge in [0.1, 0.15) is 9.85 Å². The summed E-state index contributed by atoms with van der Waals surface area (Å²) in [6.45, 7) is -0.446. The van der Waals surface area contributed by atoms with Gasteiger partial charge in [-0.1, -0.05) is 6.07 Å². The van der Waals surface area contributed by atoms with Gasteiger partial charge < -0.3 is 4.74 Å². The number of nitro groups is 3. The van der Waals surface area contributed by atoms with E-state index in [1.165, 1.54) is 0 Å². The minimum Gasteiger partial charge on any atom is -0.450 e. The lowest BCUT2D eigenvalue weighted by atomic mass is 10.1. The number of carbonyl (C=O) groups is 1. The van der Waals surface area contributed by atoms with Crippen molar-refractivity contribution in [2.45, 2.75) is 19.0 Å². The number of rotatable bonds is 7. The van der Waals surface area contributed by atoms with Gasteiger partial charge in [0.05, 0.1) is 18.3 Å². The zero-order valence-electron chi connectivity index (χ0n) is 11.6. The fourth-order valence-corrected chi connectivity index (χ4v) is 1.42. The molecule has 0 atom stereocenters. The first kappa shape index (κ1) is 17.9. The van der Waals surface area contributed by atoms with Crippen molar-refractivity contribution in [3.8, 4) is 0 Å². The Hall–Kier alpha value is -3.18. The maximum Gasteiger partial charge on any atom is 0.488 e. The molecule has 0 bridgehead atoms. The number of benzene rings is 1. The van der Waals surface area contributed by atoms with Crippen molar-refractivity contribution in [1.82, 2.24) is 0 Å². The first-order valence-electron chi connectivity index (χ1n) is 5.95. The van der Waals surface area contributed by atoms with Gasteiger partial charge in [-0.2, -0.15) is 4.39 Å². The topological polar surface area (TPSA) is 156 Å². The molecule has 0 aliphatic carbocycles. The summed E-state index contributed by atoms with van der Waals surface area (Å²) in [7, 11) is 0. The fraction of sp³-hybridized carbons (Fsp3) is 0.364. The molecule has 0 heterocycles. The highest BCUT2D eigenvalue weighted by Crippen LogP contribution is 2.19. The Labute approximate surface area is 127 Å². The SMILES string of the molecule is CC(COC(=O)Cc1ccc(F)c([N+](=O)[O-])c1)([N+](=O)[O-])[N+](=O)[O-]. The average Bonchev–Trinajstić information content (AvgIpc) is 2.46. The van der Waals surface area contributed by atoms with E-state index in [1.54, 1.807) is 0 Å². The molecule has 0 amide bonds. The average molecular weight is 331 g/mol. The van der Waals surface area contributed by atoms with Crippen molar-refractivity contribution in [1.29, 1.82) is 0 Å². The third kappa shape index (κ3) is 4.15. The summed E-state index contributed by atoms with van der Waals surface area (Å²) >= 11 is 0. The van der Waals surface area contributed by atoms with Crippen LogP contribution in [0.4, 0.5) is 10.1 Å². The van der Waals surface area contributed by atoms with E-state index in [0.29, 0.717) is 6.92 Å². The normalized spacial score (nSPS) is 10.9. The zero-order chi connectivity index (χ0) is 17.8. The van der Waals surface area contributed by atoms with E-state index in [2.05, 4.69) is 4.74 Å². The van der Waals surface area contributed by atoms with E-state index in [0.717, 1.165) is 18.2 Å². The number of carbonyl (C=O) groups excluding carboxylic acids is 1. The number of ether oxygens (including phenoxy) is 1. The highest BCUT2D eigenvalue weighted by Gasteiger charge is 2.52. The van der Waals surface area contributed by atoms with Gasteiger partial charge in [-0.05, 0) is 11.6 Å². The molecule has 23 heavy (non-hydrogen) atoms. The lowest BCUT2D eigenvalue weighted by molar-refractivity contribution is -0.793. The number of hydrogen-bond donors (Lipinski definition) is 0. The Bertz CT molecular complexity index is 663. The second kappa shape index (κ2) is 6.72. The molecule has 0 spiro atoms. The molecular formula is C11H10FN3O8. The third-order valence-electron chi connectivity index (χ3n) is 2.85. The largest absolute Gasteiger partial charge is 0.488 e. The molecule has 1 aromatic rings. The Morgan fingerprint density at radius 3 is 2.26 bits per heavy atom. The summed E-state index contributed by atoms with van der Waals surface area (Å²) in [6.07, 6.45) is -0.563. The summed E-state index contributed by atoms with van der Waals surface area (Å²) in [5.41, 5.74) is -3.53. The first-order chi connectivity index (χ1) is 10.6. The summed E-state index contributed by atoms with van der Waals surface area (Å²) in [4.78, 5) is 40.0. The van der Waals surface area contributed by atoms with E-state index < -0.39 is 50.9 Å². The molecule has 1 aromatic carbocycles. The van der Waals surface area contributed by atoms with Crippen molar-refractivity contribution in [2.75, 3.05) is 6.61 Å². The van der Waals surface area contributed by atoms with Crippen LogP contribution < -0.4 is 0 Å². The molecule has 0 saturated heterocycles. The van der Waals surface area contributed by atoms with Crippen molar-refractivity contribution in [2.24, 2.45) is 0 Å². The molecule has 11 nitrogen and oxygen atoms in total. The minimum atomic E-state index is -2.70. The Kier molecular flexibility index (Phi) is 5.22. The van der Waals surface area contributed by atoms with Gasteiger partial charge in [0.2, 0.25) is 12.4 Å². The van der Waals surface area contributed by atoms with Gasteiger partial charge >= 0.3 is 17.3 Å². The number of nitro benzene ring substituents is 1. The third-order valence-corrected chi connectivity index (χ3v) is 2.85. The predicted molar refractivity (Wildman–Crippen MR) is 70.1 cm³/mol. The Morgan fingerprint density at radius 1 is 1.22 bits per heavy atom. The predicted octanol–water partition coefficient (Wildman–Crippen LogP) is 1.09. The first-order valence-corrected chi connectivity index (χ1v) is 5.95. The van der Waals surface area contributed by atoms with Gasteiger partial charge in [0.15, 0.2) is 0 Å². The smallest absolute Gasteiger partial charge is 0.450 e. The lowest BCUT2D eigenvalue weighted by Crippen LogP contribution is -2.48. The van der Waals surface area contributed by atoms with Gasteiger partial charge in [-0.15, -0.1) is 0 Å². The quantitative estimate of drug-likeness (QED) is 0.311. The van der Waals surface area contributed by atoms with Crippen LogP contribution in [-0.4, -0.2) is 33.0 Å². The van der Waals surface area contributed by atoms with Crippen LogP contribution in [-0.2, 0) is 16.0 Å². The number of halogens is 1. The summed E-state index contributed by atoms with van der Waals surface area (Å²) in [5, 5.41) is 31.9. The van der Waals surface area contributed by atoms with Crippen LogP contribution >= 0.6 is 0 Å². The van der Waals surface area contributed by atoms with E-state index in [4.69, 9.17) is 0 Å². The molecule has 12 heteroatoms. The number of nitrogens with zero attached hydrogens (tertiary/aromatic N) is 3. The Balaban J connectivity index is 2.78. The molecular weight excluding hydrogens is 321 g/mol. The Morgan fingerprint density at radius 2 is 1.78 bits per heavy atom. The van der Waals surface area contributed by atoms with Crippen LogP contribution in [0.5, 0.6) is 0 Å². The highest BCUT2D eigenvalue weighted by molar-refractivity contribution is 5.72. The van der Waals surface area contributed by atoms with Crippen LogP contribution in [0.2, 0.25) is 0 Å². The monoisotopic (exact) mass is 331 g/mol. The van der Waals surface area contributed by atoms with Crippen LogP contribution in [0.15, 0.2) is 18.2 Å². The zero-order valence-corrected chi connectivity index (χ0v) is 11.6. The molecule has 0 aliphatic rings. The van der Waals surface area contributed by atoms with E-state index in [1.807, 2.05) is 0 Å². The molecule has 0 saturated carbocycles. The molecule has 124 valence electrons. The fourth-order valence-electron chi connectivity index (χ4n) is 1.42. The van der Waals surface area contributed by atoms with E-state index in [9.17, 15) is 39.5 Å². The summed E-state index contributed by atoms with van der Waals surface area (Å²) in [5.74, 6) is -2.18. The van der Waals surface area contributed by atoms with Gasteiger partial charge in [0, 0.05) is 6.07 Å². The minimum absolute atomic E-state index is 0.0204. The molecule has 0 N–H and O–H groups in total. The highest BCUT2D eigenvalue weighted by atomic mass is 19.1. The van der Waals surface area contributed by atoms with Crippen LogP contribution in [0, 0.1) is 36.2 Å². The van der Waals surface area contributed by atoms with Crippen LogP contribution in [0.25, 0.3) is 0 Å². The molecule has 1 rings (SSSR count). The van der Waals surface area contributed by atoms with Crippen LogP contribution in [0.1, 0.15) is 12.5 Å². The van der Waals surface area contributed by atoms with Gasteiger partial charge in [-0.25, -0.2) is 0 Å². The second-order valence-corrected chi connectivity index (χ2v) is 4.61. The van der Waals surface area contributed by atoms with Crippen molar-refractivity contribution >= 4 is 11.7 Å². The molecule has 0 unspecified atom stereocenters. The maximum atomic E-state index is 13.1. The van der Waals surface area contributed by atoms with Crippen molar-refractivity contribution in [3.63, 3.8) is 0 Å². The van der Waals surface area contributed by atoms with Gasteiger partial charge in [0.25, 0.3) is 0 Å². The second-order valence-electron chi connectivity index (χ2n) is 4.61. The van der Waals surface area contributed by atoms with Crippen molar-refractivity contribution < 1.29 is 28.7 Å². The molecule has 0 fully saturated rings. The van der Waals surface area contributed by atoms with E-state index in [-0.39, 0.29) is 5.56 Å². The molecule has 0 aliphatic heterocycles. The standard InChI is InChI=1S/C11H10FN3O8/c1-11(14(19)20,15(21)22)6-23-10(16)5-7-2-3-8(12)9(4-7)13(17)18/h2-4H,5-6H2,1H3. The molecule has 0 aromatic heterocycles. The summed E-state index contributed by atoms with van der Waals surface area (Å²) < 4.78 is 17.6. The number of esters is 1. The van der Waals surface area contributed by atoms with Crippen LogP contribution in [0.3, 0.4) is 0 Å².